The Morgan fingerprint density at radius 2 is 2.05 bits per heavy atom. The Hall–Kier alpha value is -0.580. The zero-order valence-corrected chi connectivity index (χ0v) is 12.9. The molecule has 0 bridgehead atoms. The molecule has 1 saturated heterocycles. The molecule has 1 aromatic rings. The van der Waals surface area contributed by atoms with Crippen molar-refractivity contribution in [1.29, 1.82) is 0 Å². The highest BCUT2D eigenvalue weighted by atomic mass is 79.9. The molecule has 0 aromatic heterocycles. The van der Waals surface area contributed by atoms with Gasteiger partial charge in [0.05, 0.1) is 19.8 Å². The first-order valence-electron chi connectivity index (χ1n) is 5.88. The van der Waals surface area contributed by atoms with Gasteiger partial charge in [0.1, 0.15) is 10.7 Å². The normalized spacial score (nSPS) is 17.4. The average Bonchev–Trinajstić information content (AvgIpc) is 2.41. The Morgan fingerprint density at radius 1 is 1.40 bits per heavy atom. The van der Waals surface area contributed by atoms with Crippen molar-refractivity contribution in [1.82, 2.24) is 9.84 Å². The Bertz CT molecular complexity index is 590. The maximum absolute atomic E-state index is 14.1. The molecule has 9 heteroatoms. The number of halogens is 2. The number of aliphatic hydroxyl groups excluding tert-OH is 1. The smallest absolute Gasteiger partial charge is 0.256 e. The van der Waals surface area contributed by atoms with Crippen molar-refractivity contribution >= 4 is 26.0 Å². The minimum atomic E-state index is -4.04. The summed E-state index contributed by atoms with van der Waals surface area (Å²) >= 11 is 3.10. The SMILES string of the molecule is O=S(=O)(NN1CCOCC1)c1cc(Br)cc(CO)c1F. The lowest BCUT2D eigenvalue weighted by Crippen LogP contribution is -2.48. The van der Waals surface area contributed by atoms with Crippen LogP contribution in [0.2, 0.25) is 0 Å². The highest BCUT2D eigenvalue weighted by Crippen LogP contribution is 2.24. The second kappa shape index (κ2) is 6.46. The summed E-state index contributed by atoms with van der Waals surface area (Å²) in [5.74, 6) is -0.948. The van der Waals surface area contributed by atoms with Crippen LogP contribution in [0.3, 0.4) is 0 Å². The summed E-state index contributed by atoms with van der Waals surface area (Å²) in [5, 5.41) is 10.5. The van der Waals surface area contributed by atoms with Crippen LogP contribution in [-0.2, 0) is 21.4 Å². The summed E-state index contributed by atoms with van der Waals surface area (Å²) in [7, 11) is -4.04. The molecule has 0 unspecified atom stereocenters. The molecule has 0 spiro atoms. The second-order valence-electron chi connectivity index (χ2n) is 4.23. The van der Waals surface area contributed by atoms with E-state index in [1.807, 2.05) is 0 Å². The monoisotopic (exact) mass is 368 g/mol. The summed E-state index contributed by atoms with van der Waals surface area (Å²) in [5.41, 5.74) is -0.0817. The van der Waals surface area contributed by atoms with Crippen LogP contribution < -0.4 is 4.83 Å². The molecular weight excluding hydrogens is 355 g/mol. The molecule has 0 amide bonds. The summed E-state index contributed by atoms with van der Waals surface area (Å²) in [6, 6.07) is 2.50. The Kier molecular flexibility index (Phi) is 5.10. The van der Waals surface area contributed by atoms with Crippen LogP contribution >= 0.6 is 15.9 Å². The number of nitrogens with one attached hydrogen (secondary N) is 1. The van der Waals surface area contributed by atoms with E-state index in [2.05, 4.69) is 20.8 Å². The number of ether oxygens (including phenoxy) is 1. The van der Waals surface area contributed by atoms with Gasteiger partial charge in [0.15, 0.2) is 0 Å². The zero-order valence-electron chi connectivity index (χ0n) is 10.5. The molecule has 2 N–H and O–H groups in total. The van der Waals surface area contributed by atoms with Gasteiger partial charge < -0.3 is 9.84 Å². The Balaban J connectivity index is 2.31. The van der Waals surface area contributed by atoms with Crippen LogP contribution in [0.25, 0.3) is 0 Å². The molecule has 1 fully saturated rings. The van der Waals surface area contributed by atoms with Crippen molar-refractivity contribution in [2.45, 2.75) is 11.5 Å². The number of nitrogens with zero attached hydrogens (tertiary/aromatic N) is 1. The molecule has 2 rings (SSSR count). The van der Waals surface area contributed by atoms with E-state index in [1.165, 1.54) is 11.1 Å². The van der Waals surface area contributed by atoms with Crippen molar-refractivity contribution in [3.05, 3.63) is 28.0 Å². The molecule has 112 valence electrons. The van der Waals surface area contributed by atoms with Crippen LogP contribution in [0.1, 0.15) is 5.56 Å². The first kappa shape index (κ1) is 15.8. The third kappa shape index (κ3) is 3.54. The van der Waals surface area contributed by atoms with Gasteiger partial charge in [-0.05, 0) is 12.1 Å². The summed E-state index contributed by atoms with van der Waals surface area (Å²) in [6.07, 6.45) is 0. The van der Waals surface area contributed by atoms with Crippen molar-refractivity contribution in [3.8, 4) is 0 Å². The lowest BCUT2D eigenvalue weighted by Gasteiger charge is -2.26. The highest BCUT2D eigenvalue weighted by molar-refractivity contribution is 9.10. The average molecular weight is 369 g/mol. The highest BCUT2D eigenvalue weighted by Gasteiger charge is 2.25. The van der Waals surface area contributed by atoms with Gasteiger partial charge in [0, 0.05) is 23.1 Å². The van der Waals surface area contributed by atoms with Crippen LogP contribution in [0.4, 0.5) is 4.39 Å². The molecule has 1 aliphatic rings. The molecule has 0 radical (unpaired) electrons. The number of hydrogen-bond donors (Lipinski definition) is 2. The molecule has 20 heavy (non-hydrogen) atoms. The second-order valence-corrected chi connectivity index (χ2v) is 6.77. The van der Waals surface area contributed by atoms with Crippen molar-refractivity contribution < 1.29 is 22.7 Å². The summed E-state index contributed by atoms with van der Waals surface area (Å²) in [4.78, 5) is 1.82. The third-order valence-electron chi connectivity index (χ3n) is 2.80. The van der Waals surface area contributed by atoms with Crippen molar-refractivity contribution in [2.24, 2.45) is 0 Å². The van der Waals surface area contributed by atoms with Crippen LogP contribution in [0.15, 0.2) is 21.5 Å². The van der Waals surface area contributed by atoms with E-state index in [1.54, 1.807) is 0 Å². The van der Waals surface area contributed by atoms with E-state index < -0.39 is 27.3 Å². The topological polar surface area (TPSA) is 78.9 Å². The largest absolute Gasteiger partial charge is 0.392 e. The fourth-order valence-corrected chi connectivity index (χ4v) is 3.73. The first-order chi connectivity index (χ1) is 9.44. The first-order valence-corrected chi connectivity index (χ1v) is 8.15. The Labute approximate surface area is 124 Å². The number of morpholine rings is 1. The fourth-order valence-electron chi connectivity index (χ4n) is 1.80. The molecule has 0 saturated carbocycles. The minimum absolute atomic E-state index is 0.0817. The van der Waals surface area contributed by atoms with E-state index in [9.17, 15) is 12.8 Å². The molecule has 1 heterocycles. The molecule has 0 atom stereocenters. The Morgan fingerprint density at radius 3 is 2.65 bits per heavy atom. The number of aliphatic hydroxyl groups is 1. The number of hydrogen-bond acceptors (Lipinski definition) is 5. The lowest BCUT2D eigenvalue weighted by atomic mass is 10.2. The van der Waals surface area contributed by atoms with E-state index in [4.69, 9.17) is 9.84 Å². The van der Waals surface area contributed by atoms with E-state index >= 15 is 0 Å². The van der Waals surface area contributed by atoms with E-state index in [0.717, 1.165) is 6.07 Å². The minimum Gasteiger partial charge on any atom is -0.392 e. The quantitative estimate of drug-likeness (QED) is 0.813. The predicted octanol–water partition coefficient (Wildman–Crippen LogP) is 0.606. The zero-order chi connectivity index (χ0) is 14.8. The fraction of sp³-hybridized carbons (Fsp3) is 0.455. The van der Waals surface area contributed by atoms with E-state index in [0.29, 0.717) is 30.8 Å². The van der Waals surface area contributed by atoms with Crippen LogP contribution in [0.5, 0.6) is 0 Å². The van der Waals surface area contributed by atoms with E-state index in [-0.39, 0.29) is 5.56 Å². The van der Waals surface area contributed by atoms with Gasteiger partial charge in [-0.2, -0.15) is 0 Å². The molecule has 1 aliphatic heterocycles. The van der Waals surface area contributed by atoms with Crippen LogP contribution in [-0.4, -0.2) is 44.8 Å². The van der Waals surface area contributed by atoms with Gasteiger partial charge in [0.2, 0.25) is 0 Å². The molecule has 0 aliphatic carbocycles. The summed E-state index contributed by atoms with van der Waals surface area (Å²) in [6.45, 7) is 1.02. The maximum atomic E-state index is 14.1. The molecule has 6 nitrogen and oxygen atoms in total. The lowest BCUT2D eigenvalue weighted by molar-refractivity contribution is 0.0272. The van der Waals surface area contributed by atoms with Gasteiger partial charge in [-0.1, -0.05) is 15.9 Å². The predicted molar refractivity (Wildman–Crippen MR) is 72.7 cm³/mol. The molecular formula is C11H14BrFN2O4S. The number of hydrazine groups is 1. The van der Waals surface area contributed by atoms with Crippen molar-refractivity contribution in [2.75, 3.05) is 26.3 Å². The number of benzene rings is 1. The van der Waals surface area contributed by atoms with Gasteiger partial charge in [-0.15, -0.1) is 4.83 Å². The van der Waals surface area contributed by atoms with Gasteiger partial charge in [0.25, 0.3) is 10.0 Å². The maximum Gasteiger partial charge on any atom is 0.256 e. The molecule has 1 aromatic carbocycles. The van der Waals surface area contributed by atoms with Crippen LogP contribution in [0, 0.1) is 5.82 Å². The standard InChI is InChI=1S/C11H14BrFN2O4S/c12-9-5-8(7-16)11(13)10(6-9)20(17,18)14-15-1-3-19-4-2-15/h5-6,14,16H,1-4,7H2. The third-order valence-corrected chi connectivity index (χ3v) is 4.63. The van der Waals surface area contributed by atoms with Crippen molar-refractivity contribution in [3.63, 3.8) is 0 Å². The number of rotatable bonds is 4. The number of sulfonamides is 1. The van der Waals surface area contributed by atoms with Gasteiger partial charge in [-0.25, -0.2) is 17.8 Å². The van der Waals surface area contributed by atoms with Gasteiger partial charge >= 0.3 is 0 Å². The van der Waals surface area contributed by atoms with Gasteiger partial charge in [-0.3, -0.25) is 0 Å². The summed E-state index contributed by atoms with van der Waals surface area (Å²) < 4.78 is 44.0.